The average molecular weight is 282 g/mol. The van der Waals surface area contributed by atoms with E-state index in [2.05, 4.69) is 23.8 Å². The molecule has 0 bridgehead atoms. The summed E-state index contributed by atoms with van der Waals surface area (Å²) in [5.41, 5.74) is 1.74. The molecule has 19 heavy (non-hydrogen) atoms. The maximum absolute atomic E-state index is 11.8. The zero-order chi connectivity index (χ0) is 14.6. The second kappa shape index (κ2) is 6.89. The van der Waals surface area contributed by atoms with Crippen LogP contribution in [0.5, 0.6) is 0 Å². The minimum atomic E-state index is -0.327. The Bertz CT molecular complexity index is 445. The van der Waals surface area contributed by atoms with Crippen molar-refractivity contribution in [3.8, 4) is 0 Å². The first-order valence-corrected chi connectivity index (χ1v) is 7.38. The number of ether oxygens (including phenoxy) is 1. The van der Waals surface area contributed by atoms with Gasteiger partial charge in [0.15, 0.2) is 0 Å². The third kappa shape index (κ3) is 4.82. The number of thioether (sulfide) groups is 1. The smallest absolute Gasteiger partial charge is 0.373 e. The molecule has 0 amide bonds. The fourth-order valence-corrected chi connectivity index (χ4v) is 2.38. The van der Waals surface area contributed by atoms with Crippen LogP contribution in [0.15, 0.2) is 11.2 Å². The molecule has 0 atom stereocenters. The van der Waals surface area contributed by atoms with E-state index >= 15 is 0 Å². The SMILES string of the molecule is CC(C)OC(=O)Sc1nc(C(C)C)cnc1C(C)C. The second-order valence-corrected chi connectivity index (χ2v) is 6.24. The van der Waals surface area contributed by atoms with E-state index in [1.165, 1.54) is 0 Å². The van der Waals surface area contributed by atoms with Crippen LogP contribution in [0.4, 0.5) is 4.79 Å². The average Bonchev–Trinajstić information content (AvgIpc) is 2.26. The number of carbonyl (C=O) groups is 1. The third-order valence-electron chi connectivity index (χ3n) is 2.44. The van der Waals surface area contributed by atoms with Gasteiger partial charge in [0, 0.05) is 18.0 Å². The van der Waals surface area contributed by atoms with Gasteiger partial charge in [-0.3, -0.25) is 4.98 Å². The summed E-state index contributed by atoms with van der Waals surface area (Å²) >= 11 is 1.02. The first kappa shape index (κ1) is 16.0. The van der Waals surface area contributed by atoms with Gasteiger partial charge in [-0.15, -0.1) is 0 Å². The van der Waals surface area contributed by atoms with Crippen molar-refractivity contribution in [3.05, 3.63) is 17.6 Å². The number of hydrogen-bond acceptors (Lipinski definition) is 5. The molecule has 0 spiro atoms. The zero-order valence-electron chi connectivity index (χ0n) is 12.4. The summed E-state index contributed by atoms with van der Waals surface area (Å²) in [6.07, 6.45) is 1.67. The molecule has 0 aliphatic carbocycles. The standard InChI is InChI=1S/C14H22N2O2S/c1-8(2)11-7-15-12(9(3)4)13(16-11)19-14(17)18-10(5)6/h7-10H,1-6H3. The van der Waals surface area contributed by atoms with Crippen LogP contribution in [0.1, 0.15) is 64.8 Å². The van der Waals surface area contributed by atoms with Crippen molar-refractivity contribution < 1.29 is 9.53 Å². The van der Waals surface area contributed by atoms with Crippen LogP contribution in [0.25, 0.3) is 0 Å². The lowest BCUT2D eigenvalue weighted by molar-refractivity contribution is 0.142. The maximum Gasteiger partial charge on any atom is 0.373 e. The fourth-order valence-electron chi connectivity index (χ4n) is 1.44. The van der Waals surface area contributed by atoms with Gasteiger partial charge in [0.1, 0.15) is 5.03 Å². The highest BCUT2D eigenvalue weighted by Gasteiger charge is 2.18. The molecule has 1 heterocycles. The molecule has 0 aliphatic heterocycles. The van der Waals surface area contributed by atoms with Gasteiger partial charge in [-0.2, -0.15) is 0 Å². The summed E-state index contributed by atoms with van der Waals surface area (Å²) in [6, 6.07) is 0. The minimum Gasteiger partial charge on any atom is -0.455 e. The van der Waals surface area contributed by atoms with Crippen LogP contribution in [-0.4, -0.2) is 21.4 Å². The summed E-state index contributed by atoms with van der Waals surface area (Å²) in [5, 5.41) is 0.332. The van der Waals surface area contributed by atoms with Crippen molar-refractivity contribution in [2.45, 2.75) is 64.5 Å². The van der Waals surface area contributed by atoms with Crippen molar-refractivity contribution in [2.75, 3.05) is 0 Å². The predicted molar refractivity (Wildman–Crippen MR) is 77.7 cm³/mol. The van der Waals surface area contributed by atoms with E-state index in [9.17, 15) is 4.79 Å². The molecule has 0 radical (unpaired) electrons. The van der Waals surface area contributed by atoms with Crippen LogP contribution in [-0.2, 0) is 4.74 Å². The lowest BCUT2D eigenvalue weighted by atomic mass is 10.1. The van der Waals surface area contributed by atoms with E-state index < -0.39 is 0 Å². The second-order valence-electron chi connectivity index (χ2n) is 5.31. The van der Waals surface area contributed by atoms with Crippen LogP contribution >= 0.6 is 11.8 Å². The lowest BCUT2D eigenvalue weighted by Crippen LogP contribution is -2.09. The van der Waals surface area contributed by atoms with Gasteiger partial charge >= 0.3 is 5.30 Å². The Hall–Kier alpha value is -1.10. The molecular weight excluding hydrogens is 260 g/mol. The van der Waals surface area contributed by atoms with E-state index in [-0.39, 0.29) is 23.2 Å². The normalized spacial score (nSPS) is 11.4. The van der Waals surface area contributed by atoms with Gasteiger partial charge in [0.25, 0.3) is 0 Å². The van der Waals surface area contributed by atoms with Crippen LogP contribution in [0.3, 0.4) is 0 Å². The number of hydrogen-bond donors (Lipinski definition) is 0. The minimum absolute atomic E-state index is 0.122. The summed E-state index contributed by atoms with van der Waals surface area (Å²) in [6.45, 7) is 11.9. The first-order valence-electron chi connectivity index (χ1n) is 6.56. The molecule has 0 aliphatic rings. The summed E-state index contributed by atoms with van der Waals surface area (Å²) in [4.78, 5) is 20.7. The molecule has 4 nitrogen and oxygen atoms in total. The lowest BCUT2D eigenvalue weighted by Gasteiger charge is -2.13. The molecule has 0 saturated carbocycles. The summed E-state index contributed by atoms with van der Waals surface area (Å²) < 4.78 is 5.15. The molecule has 1 aromatic rings. The van der Waals surface area contributed by atoms with Crippen molar-refractivity contribution in [3.63, 3.8) is 0 Å². The van der Waals surface area contributed by atoms with E-state index in [0.717, 1.165) is 23.1 Å². The highest BCUT2D eigenvalue weighted by Crippen LogP contribution is 2.28. The molecule has 0 saturated heterocycles. The number of rotatable bonds is 4. The van der Waals surface area contributed by atoms with Gasteiger partial charge in [-0.05, 0) is 25.7 Å². The van der Waals surface area contributed by atoms with Crippen LogP contribution in [0.2, 0.25) is 0 Å². The van der Waals surface area contributed by atoms with Gasteiger partial charge in [-0.25, -0.2) is 9.78 Å². The van der Waals surface area contributed by atoms with Crippen LogP contribution in [0, 0.1) is 0 Å². The quantitative estimate of drug-likeness (QED) is 0.606. The van der Waals surface area contributed by atoms with Crippen LogP contribution < -0.4 is 0 Å². The molecule has 1 rings (SSSR count). The Morgan fingerprint density at radius 1 is 1.16 bits per heavy atom. The summed E-state index contributed by atoms with van der Waals surface area (Å²) in [7, 11) is 0. The molecule has 0 aromatic carbocycles. The van der Waals surface area contributed by atoms with Crippen molar-refractivity contribution in [1.82, 2.24) is 9.97 Å². The monoisotopic (exact) mass is 282 g/mol. The number of carbonyl (C=O) groups excluding carboxylic acids is 1. The Morgan fingerprint density at radius 3 is 2.26 bits per heavy atom. The Kier molecular flexibility index (Phi) is 5.79. The van der Waals surface area contributed by atoms with Gasteiger partial charge < -0.3 is 4.74 Å². The molecule has 5 heteroatoms. The molecular formula is C14H22N2O2S. The summed E-state index contributed by atoms with van der Waals surface area (Å²) in [5.74, 6) is 0.511. The van der Waals surface area contributed by atoms with E-state index in [1.807, 2.05) is 27.7 Å². The molecule has 0 N–H and O–H groups in total. The Balaban J connectivity index is 3.00. The Morgan fingerprint density at radius 2 is 1.79 bits per heavy atom. The van der Waals surface area contributed by atoms with Gasteiger partial charge in [0.05, 0.1) is 17.5 Å². The van der Waals surface area contributed by atoms with E-state index in [1.54, 1.807) is 6.20 Å². The maximum atomic E-state index is 11.8. The Labute approximate surface area is 119 Å². The predicted octanol–water partition coefficient (Wildman–Crippen LogP) is 4.36. The number of aromatic nitrogens is 2. The molecule has 106 valence electrons. The first-order chi connectivity index (χ1) is 8.81. The van der Waals surface area contributed by atoms with Crippen molar-refractivity contribution >= 4 is 17.1 Å². The van der Waals surface area contributed by atoms with Crippen molar-refractivity contribution in [2.24, 2.45) is 0 Å². The molecule has 0 fully saturated rings. The highest BCUT2D eigenvalue weighted by atomic mass is 32.2. The zero-order valence-corrected chi connectivity index (χ0v) is 13.2. The molecule has 0 unspecified atom stereocenters. The molecule has 1 aromatic heterocycles. The third-order valence-corrected chi connectivity index (χ3v) is 3.19. The van der Waals surface area contributed by atoms with E-state index in [0.29, 0.717) is 5.03 Å². The van der Waals surface area contributed by atoms with E-state index in [4.69, 9.17) is 4.74 Å². The fraction of sp³-hybridized carbons (Fsp3) is 0.643. The topological polar surface area (TPSA) is 52.1 Å². The van der Waals surface area contributed by atoms with Crippen molar-refractivity contribution in [1.29, 1.82) is 0 Å². The highest BCUT2D eigenvalue weighted by molar-refractivity contribution is 8.13. The number of nitrogens with zero attached hydrogens (tertiary/aromatic N) is 2. The van der Waals surface area contributed by atoms with Gasteiger partial charge in [0.2, 0.25) is 0 Å². The largest absolute Gasteiger partial charge is 0.455 e. The van der Waals surface area contributed by atoms with Gasteiger partial charge in [-0.1, -0.05) is 27.7 Å².